The van der Waals surface area contributed by atoms with Crippen LogP contribution in [0.25, 0.3) is 6.08 Å². The number of alkyl halides is 6. The molecule has 6 rings (SSSR count). The van der Waals surface area contributed by atoms with Gasteiger partial charge in [0, 0.05) is 33.1 Å². The van der Waals surface area contributed by atoms with E-state index < -0.39 is 56.8 Å². The summed E-state index contributed by atoms with van der Waals surface area (Å²) < 4.78 is 86.1. The van der Waals surface area contributed by atoms with E-state index >= 15 is 0 Å². The van der Waals surface area contributed by atoms with Gasteiger partial charge in [-0.15, -0.1) is 0 Å². The number of likely N-dealkylation sites (tertiary alicyclic amines) is 1. The molecule has 0 aromatic heterocycles. The maximum atomic E-state index is 14.4. The number of nitrogens with zero attached hydrogens (tertiary/aromatic N) is 1. The van der Waals surface area contributed by atoms with Crippen molar-refractivity contribution in [1.82, 2.24) is 10.2 Å². The predicted octanol–water partition coefficient (Wildman–Crippen LogP) is 7.69. The van der Waals surface area contributed by atoms with Crippen LogP contribution in [0.4, 0.5) is 32.0 Å². The van der Waals surface area contributed by atoms with Crippen LogP contribution < -0.4 is 10.6 Å². The Balaban J connectivity index is 1.38. The number of amides is 1. The van der Waals surface area contributed by atoms with Crippen molar-refractivity contribution in [3.63, 3.8) is 0 Å². The standard InChI is InChI=1S/C32H35F6N3O3S/c1-41-17-9-21(10-18-41)39-22-3-2-4-23(19-22)45-24-7-5-20(26(31(33,34)35)27(24)32(36,37)38)6-8-25(42)40-30-14-11-29(12-15-30,13-16-30)28(43)44/h2-8,19,21,39H,9-18H2,1H3,(H,40,42)(H,43,44). The maximum absolute atomic E-state index is 14.4. The van der Waals surface area contributed by atoms with Crippen LogP contribution in [0, 0.1) is 5.41 Å². The van der Waals surface area contributed by atoms with Crippen molar-refractivity contribution in [2.45, 2.75) is 85.1 Å². The molecule has 4 fully saturated rings. The molecule has 3 N–H and O–H groups in total. The molecule has 2 aromatic carbocycles. The first-order valence-electron chi connectivity index (χ1n) is 14.9. The van der Waals surface area contributed by atoms with Gasteiger partial charge in [0.1, 0.15) is 0 Å². The van der Waals surface area contributed by atoms with Gasteiger partial charge in [0.05, 0.1) is 16.5 Å². The highest BCUT2D eigenvalue weighted by atomic mass is 32.2. The third-order valence-corrected chi connectivity index (χ3v) is 10.5. The number of piperidine rings is 1. The van der Waals surface area contributed by atoms with Gasteiger partial charge >= 0.3 is 18.3 Å². The average molecular weight is 656 g/mol. The minimum atomic E-state index is -5.36. The zero-order valence-electron chi connectivity index (χ0n) is 24.7. The Hall–Kier alpha value is -3.19. The van der Waals surface area contributed by atoms with Gasteiger partial charge in [0.2, 0.25) is 5.91 Å². The summed E-state index contributed by atoms with van der Waals surface area (Å²) in [5.74, 6) is -1.62. The molecule has 0 atom stereocenters. The van der Waals surface area contributed by atoms with Crippen LogP contribution in [0.15, 0.2) is 52.3 Å². The van der Waals surface area contributed by atoms with Crippen LogP contribution in [-0.4, -0.2) is 53.6 Å². The Morgan fingerprint density at radius 1 is 0.933 bits per heavy atom. The number of anilines is 1. The fourth-order valence-electron chi connectivity index (χ4n) is 6.74. The van der Waals surface area contributed by atoms with Gasteiger partial charge in [-0.1, -0.05) is 23.9 Å². The van der Waals surface area contributed by atoms with Crippen molar-refractivity contribution < 1.29 is 41.0 Å². The first kappa shape index (κ1) is 33.2. The van der Waals surface area contributed by atoms with Gasteiger partial charge in [-0.3, -0.25) is 9.59 Å². The highest BCUT2D eigenvalue weighted by Gasteiger charge is 2.53. The van der Waals surface area contributed by atoms with Crippen LogP contribution in [0.5, 0.6) is 0 Å². The SMILES string of the molecule is CN1CCC(Nc2cccc(Sc3ccc(C=CC(=O)NC45CCC(C(=O)O)(CC4)CC5)c(C(F)(F)F)c3C(F)(F)F)c2)CC1. The highest BCUT2D eigenvalue weighted by Crippen LogP contribution is 2.52. The van der Waals surface area contributed by atoms with Crippen LogP contribution in [0.1, 0.15) is 68.1 Å². The summed E-state index contributed by atoms with van der Waals surface area (Å²) in [5.41, 5.74) is -5.26. The Morgan fingerprint density at radius 2 is 1.56 bits per heavy atom. The maximum Gasteiger partial charge on any atom is 0.418 e. The minimum Gasteiger partial charge on any atom is -0.481 e. The number of benzene rings is 2. The number of hydrogen-bond donors (Lipinski definition) is 3. The molecule has 1 amide bonds. The number of halogens is 6. The Bertz CT molecular complexity index is 1440. The molecule has 4 aliphatic rings. The largest absolute Gasteiger partial charge is 0.481 e. The molecule has 0 radical (unpaired) electrons. The van der Waals surface area contributed by atoms with Crippen molar-refractivity contribution in [2.24, 2.45) is 5.41 Å². The fraction of sp³-hybridized carbons (Fsp3) is 0.500. The molecule has 244 valence electrons. The van der Waals surface area contributed by atoms with E-state index in [9.17, 15) is 41.0 Å². The molecule has 45 heavy (non-hydrogen) atoms. The summed E-state index contributed by atoms with van der Waals surface area (Å²) in [7, 11) is 2.02. The van der Waals surface area contributed by atoms with E-state index in [0.29, 0.717) is 60.9 Å². The van der Waals surface area contributed by atoms with Gasteiger partial charge in [-0.25, -0.2) is 0 Å². The lowest BCUT2D eigenvalue weighted by Crippen LogP contribution is -2.58. The zero-order valence-corrected chi connectivity index (χ0v) is 25.5. The van der Waals surface area contributed by atoms with E-state index in [4.69, 9.17) is 0 Å². The molecule has 1 aliphatic heterocycles. The number of carbonyl (C=O) groups excluding carboxylic acids is 1. The molecule has 3 aliphatic carbocycles. The van der Waals surface area contributed by atoms with E-state index in [2.05, 4.69) is 15.5 Å². The molecule has 0 unspecified atom stereocenters. The summed E-state index contributed by atoms with van der Waals surface area (Å²) in [6.45, 7) is 1.80. The first-order valence-corrected chi connectivity index (χ1v) is 15.7. The molecule has 2 aromatic rings. The molecule has 1 saturated heterocycles. The fourth-order valence-corrected chi connectivity index (χ4v) is 7.78. The zero-order chi connectivity index (χ0) is 32.6. The molecule has 13 heteroatoms. The smallest absolute Gasteiger partial charge is 0.418 e. The summed E-state index contributed by atoms with van der Waals surface area (Å²) in [6.07, 6.45) is -5.00. The second-order valence-corrected chi connectivity index (χ2v) is 13.6. The van der Waals surface area contributed by atoms with E-state index in [0.717, 1.165) is 50.2 Å². The number of rotatable bonds is 8. The van der Waals surface area contributed by atoms with E-state index in [1.165, 1.54) is 0 Å². The lowest BCUT2D eigenvalue weighted by atomic mass is 9.57. The van der Waals surface area contributed by atoms with Crippen molar-refractivity contribution >= 4 is 35.4 Å². The third kappa shape index (κ3) is 7.45. The van der Waals surface area contributed by atoms with Crippen LogP contribution in [-0.2, 0) is 21.9 Å². The average Bonchev–Trinajstić information content (AvgIpc) is 2.97. The summed E-state index contributed by atoms with van der Waals surface area (Å²) in [4.78, 5) is 26.4. The molecular weight excluding hydrogens is 620 g/mol. The number of fused-ring (bicyclic) bond motifs is 3. The van der Waals surface area contributed by atoms with Gasteiger partial charge < -0.3 is 20.6 Å². The Labute approximate surface area is 261 Å². The second-order valence-electron chi connectivity index (χ2n) is 12.4. The topological polar surface area (TPSA) is 81.7 Å². The van der Waals surface area contributed by atoms with Crippen molar-refractivity contribution in [3.05, 3.63) is 59.2 Å². The normalized spacial score (nSPS) is 24.6. The first-order chi connectivity index (χ1) is 21.1. The van der Waals surface area contributed by atoms with E-state index in [-0.39, 0.29) is 6.04 Å². The lowest BCUT2D eigenvalue weighted by molar-refractivity contribution is -0.163. The van der Waals surface area contributed by atoms with Gasteiger partial charge in [0.25, 0.3) is 0 Å². The number of nitrogens with one attached hydrogen (secondary N) is 2. The molecule has 0 spiro atoms. The molecule has 6 nitrogen and oxygen atoms in total. The minimum absolute atomic E-state index is 0.182. The molecule has 3 saturated carbocycles. The number of carbonyl (C=O) groups is 2. The lowest BCUT2D eigenvalue weighted by Gasteiger charge is -2.51. The second kappa shape index (κ2) is 12.5. The van der Waals surface area contributed by atoms with E-state index in [1.54, 1.807) is 24.3 Å². The Morgan fingerprint density at radius 3 is 2.13 bits per heavy atom. The monoisotopic (exact) mass is 655 g/mol. The molecule has 1 heterocycles. The van der Waals surface area contributed by atoms with Crippen LogP contribution >= 0.6 is 11.8 Å². The number of carboxylic acid groups (broad SMARTS) is 1. The van der Waals surface area contributed by atoms with Gasteiger partial charge in [-0.2, -0.15) is 26.3 Å². The van der Waals surface area contributed by atoms with Gasteiger partial charge in [0.15, 0.2) is 0 Å². The molecular formula is C32H35F6N3O3S. The summed E-state index contributed by atoms with van der Waals surface area (Å²) >= 11 is 0.599. The quantitative estimate of drug-likeness (QED) is 0.200. The summed E-state index contributed by atoms with van der Waals surface area (Å²) in [6, 6.07) is 8.73. The van der Waals surface area contributed by atoms with Crippen LogP contribution in [0.3, 0.4) is 0 Å². The number of aliphatic carboxylic acids is 1. The van der Waals surface area contributed by atoms with E-state index in [1.807, 2.05) is 7.05 Å². The highest BCUT2D eigenvalue weighted by molar-refractivity contribution is 7.99. The van der Waals surface area contributed by atoms with Gasteiger partial charge in [-0.05, 0) is 107 Å². The van der Waals surface area contributed by atoms with Crippen molar-refractivity contribution in [2.75, 3.05) is 25.5 Å². The number of hydrogen-bond acceptors (Lipinski definition) is 5. The Kier molecular flexibility index (Phi) is 9.25. The van der Waals surface area contributed by atoms with Crippen molar-refractivity contribution in [3.8, 4) is 0 Å². The number of carboxylic acids is 1. The predicted molar refractivity (Wildman–Crippen MR) is 159 cm³/mol. The van der Waals surface area contributed by atoms with Crippen molar-refractivity contribution in [1.29, 1.82) is 0 Å². The van der Waals surface area contributed by atoms with Crippen LogP contribution in [0.2, 0.25) is 0 Å². The molecule has 2 bridgehead atoms. The summed E-state index contributed by atoms with van der Waals surface area (Å²) in [5, 5.41) is 15.7. The third-order valence-electron chi connectivity index (χ3n) is 9.42.